The topological polar surface area (TPSA) is 80.3 Å². The van der Waals surface area contributed by atoms with Crippen LogP contribution in [-0.4, -0.2) is 68.0 Å². The molecule has 2 N–H and O–H groups in total. The number of hydrogen-bond acceptors (Lipinski definition) is 6. The van der Waals surface area contributed by atoms with Gasteiger partial charge in [-0.1, -0.05) is 38.3 Å². The van der Waals surface area contributed by atoms with Gasteiger partial charge in [0, 0.05) is 25.7 Å². The van der Waals surface area contributed by atoms with Gasteiger partial charge in [-0.2, -0.15) is 0 Å². The van der Waals surface area contributed by atoms with E-state index in [4.69, 9.17) is 14.2 Å². The highest BCUT2D eigenvalue weighted by Gasteiger charge is 2.24. The van der Waals surface area contributed by atoms with Gasteiger partial charge in [0.1, 0.15) is 17.2 Å². The number of aliphatic hydroxyl groups is 1. The molecule has 0 saturated carbocycles. The average Bonchev–Trinajstić information content (AvgIpc) is 3.29. The summed E-state index contributed by atoms with van der Waals surface area (Å²) in [6, 6.07) is 15.4. The first-order valence-corrected chi connectivity index (χ1v) is 13.2. The van der Waals surface area contributed by atoms with Crippen molar-refractivity contribution in [2.24, 2.45) is 0 Å². The molecule has 0 aliphatic carbocycles. The summed E-state index contributed by atoms with van der Waals surface area (Å²) in [4.78, 5) is 14.9. The van der Waals surface area contributed by atoms with Crippen LogP contribution in [-0.2, 0) is 11.2 Å². The number of carbonyl (C=O) groups is 1. The molecule has 2 aromatic carbocycles. The van der Waals surface area contributed by atoms with Crippen molar-refractivity contribution in [3.63, 3.8) is 0 Å². The number of unbranched alkanes of at least 4 members (excludes halogenated alkanes) is 3. The molecule has 0 radical (unpaired) electrons. The number of ether oxygens (including phenoxy) is 3. The van der Waals surface area contributed by atoms with Crippen LogP contribution in [0.1, 0.15) is 51.0 Å². The average molecular weight is 499 g/mol. The van der Waals surface area contributed by atoms with E-state index in [1.54, 1.807) is 7.11 Å². The van der Waals surface area contributed by atoms with Crippen molar-refractivity contribution in [3.8, 4) is 17.2 Å². The van der Waals surface area contributed by atoms with Crippen LogP contribution in [0, 0.1) is 0 Å². The van der Waals surface area contributed by atoms with Gasteiger partial charge in [0.2, 0.25) is 5.91 Å². The van der Waals surface area contributed by atoms with Gasteiger partial charge >= 0.3 is 0 Å². The molecule has 2 unspecified atom stereocenters. The van der Waals surface area contributed by atoms with Crippen molar-refractivity contribution in [1.29, 1.82) is 0 Å². The summed E-state index contributed by atoms with van der Waals surface area (Å²) in [6.07, 6.45) is 6.23. The van der Waals surface area contributed by atoms with Gasteiger partial charge in [-0.05, 0) is 61.2 Å². The van der Waals surface area contributed by atoms with Crippen LogP contribution in [0.2, 0.25) is 0 Å². The molecule has 7 nitrogen and oxygen atoms in total. The van der Waals surface area contributed by atoms with Crippen molar-refractivity contribution in [2.75, 3.05) is 40.0 Å². The zero-order chi connectivity index (χ0) is 25.6. The number of β-amino-alcohol motifs (C(OH)–C–C–N with tert-alkyl or cyclic N) is 1. The molecule has 0 bridgehead atoms. The monoisotopic (exact) mass is 498 g/mol. The molecular weight excluding hydrogens is 456 g/mol. The van der Waals surface area contributed by atoms with Crippen LogP contribution >= 0.6 is 0 Å². The predicted octanol–water partition coefficient (Wildman–Crippen LogP) is 4.22. The summed E-state index contributed by atoms with van der Waals surface area (Å²) in [5.41, 5.74) is 1.15. The van der Waals surface area contributed by atoms with Crippen molar-refractivity contribution >= 4 is 5.91 Å². The fraction of sp³-hybridized carbons (Fsp3) is 0.552. The molecule has 1 amide bonds. The number of hydrogen-bond donors (Lipinski definition) is 2. The lowest BCUT2D eigenvalue weighted by Gasteiger charge is -2.25. The molecule has 1 fully saturated rings. The van der Waals surface area contributed by atoms with Crippen LogP contribution in [0.4, 0.5) is 0 Å². The van der Waals surface area contributed by atoms with Gasteiger partial charge in [0.25, 0.3) is 0 Å². The number of rotatable bonds is 16. The Bertz CT molecular complexity index is 888. The van der Waals surface area contributed by atoms with Crippen LogP contribution in [0.5, 0.6) is 17.2 Å². The number of nitrogens with one attached hydrogen (secondary N) is 1. The predicted molar refractivity (Wildman–Crippen MR) is 142 cm³/mol. The highest BCUT2D eigenvalue weighted by molar-refractivity contribution is 5.76. The summed E-state index contributed by atoms with van der Waals surface area (Å²) in [5, 5.41) is 13.1. The van der Waals surface area contributed by atoms with Crippen LogP contribution in [0.25, 0.3) is 0 Å². The minimum Gasteiger partial charge on any atom is -0.497 e. The van der Waals surface area contributed by atoms with Gasteiger partial charge in [0.05, 0.1) is 32.8 Å². The fourth-order valence-corrected chi connectivity index (χ4v) is 4.41. The first-order chi connectivity index (χ1) is 17.6. The molecule has 1 heterocycles. The van der Waals surface area contributed by atoms with E-state index in [2.05, 4.69) is 29.3 Å². The Morgan fingerprint density at radius 2 is 1.67 bits per heavy atom. The van der Waals surface area contributed by atoms with Crippen molar-refractivity contribution < 1.29 is 24.1 Å². The van der Waals surface area contributed by atoms with Gasteiger partial charge in [-0.3, -0.25) is 9.69 Å². The Hall–Kier alpha value is -2.77. The second kappa shape index (κ2) is 15.4. The molecule has 1 aliphatic heterocycles. The summed E-state index contributed by atoms with van der Waals surface area (Å²) in [5.74, 6) is 2.31. The molecule has 36 heavy (non-hydrogen) atoms. The van der Waals surface area contributed by atoms with Crippen molar-refractivity contribution in [1.82, 2.24) is 10.2 Å². The van der Waals surface area contributed by atoms with Crippen LogP contribution in [0.15, 0.2) is 48.5 Å². The maximum absolute atomic E-state index is 12.7. The fourth-order valence-electron chi connectivity index (χ4n) is 4.41. The summed E-state index contributed by atoms with van der Waals surface area (Å²) >= 11 is 0. The second-order valence-electron chi connectivity index (χ2n) is 9.50. The third-order valence-corrected chi connectivity index (χ3v) is 6.42. The first-order valence-electron chi connectivity index (χ1n) is 13.2. The number of methoxy groups -OCH3 is 1. The summed E-state index contributed by atoms with van der Waals surface area (Å²) in [6.45, 7) is 5.46. The normalized spacial score (nSPS) is 16.5. The first kappa shape index (κ1) is 27.8. The number of aliphatic hydroxyl groups excluding tert-OH is 1. The van der Waals surface area contributed by atoms with Crippen molar-refractivity contribution in [2.45, 2.75) is 64.0 Å². The minimum atomic E-state index is -0.284. The lowest BCUT2D eigenvalue weighted by molar-refractivity contribution is -0.122. The Morgan fingerprint density at radius 3 is 2.31 bits per heavy atom. The zero-order valence-corrected chi connectivity index (χ0v) is 21.8. The van der Waals surface area contributed by atoms with E-state index in [0.29, 0.717) is 31.9 Å². The summed E-state index contributed by atoms with van der Waals surface area (Å²) < 4.78 is 16.7. The second-order valence-corrected chi connectivity index (χ2v) is 9.50. The molecule has 7 heteroatoms. The molecule has 2 aromatic rings. The molecule has 2 atom stereocenters. The summed E-state index contributed by atoms with van der Waals surface area (Å²) in [7, 11) is 1.62. The molecule has 1 saturated heterocycles. The maximum atomic E-state index is 12.7. The molecule has 0 aromatic heterocycles. The van der Waals surface area contributed by atoms with E-state index in [9.17, 15) is 9.90 Å². The largest absolute Gasteiger partial charge is 0.497 e. The molecule has 0 spiro atoms. The minimum absolute atomic E-state index is 0.0414. The lowest BCUT2D eigenvalue weighted by Crippen LogP contribution is -2.45. The van der Waals surface area contributed by atoms with Crippen LogP contribution in [0.3, 0.4) is 0 Å². The van der Waals surface area contributed by atoms with Gasteiger partial charge in [0.15, 0.2) is 0 Å². The Morgan fingerprint density at radius 1 is 1.00 bits per heavy atom. The van der Waals surface area contributed by atoms with Crippen molar-refractivity contribution in [3.05, 3.63) is 54.1 Å². The standard InChI is InChI=1S/C29H42N2O5/c1-3-4-5-6-18-35-27-9-7-23(8-10-27)20-24(21-31-17-15-25(32)22-31)30-29(33)16-19-36-28-13-11-26(34-2)12-14-28/h7-14,24-25,32H,3-6,15-22H2,1-2H3,(H,30,33). The molecule has 3 rings (SSSR count). The molecular formula is C29H42N2O5. The van der Waals surface area contributed by atoms with Gasteiger partial charge in [-0.25, -0.2) is 0 Å². The zero-order valence-electron chi connectivity index (χ0n) is 21.8. The molecule has 198 valence electrons. The Kier molecular flexibility index (Phi) is 11.9. The van der Waals surface area contributed by atoms with E-state index in [0.717, 1.165) is 43.1 Å². The Balaban J connectivity index is 1.48. The van der Waals surface area contributed by atoms with E-state index in [1.165, 1.54) is 19.3 Å². The highest BCUT2D eigenvalue weighted by atomic mass is 16.5. The highest BCUT2D eigenvalue weighted by Crippen LogP contribution is 2.18. The smallest absolute Gasteiger partial charge is 0.223 e. The van der Waals surface area contributed by atoms with E-state index in [1.807, 2.05) is 36.4 Å². The third kappa shape index (κ3) is 10.1. The van der Waals surface area contributed by atoms with E-state index < -0.39 is 0 Å². The Labute approximate surface area is 215 Å². The number of carbonyl (C=O) groups excluding carboxylic acids is 1. The lowest BCUT2D eigenvalue weighted by atomic mass is 10.0. The number of amides is 1. The van der Waals surface area contributed by atoms with Gasteiger partial charge in [-0.15, -0.1) is 0 Å². The quantitative estimate of drug-likeness (QED) is 0.338. The number of nitrogens with zero attached hydrogens (tertiary/aromatic N) is 1. The third-order valence-electron chi connectivity index (χ3n) is 6.42. The SMILES string of the molecule is CCCCCCOc1ccc(CC(CN2CCC(O)C2)NC(=O)CCOc2ccc(OC)cc2)cc1. The van der Waals surface area contributed by atoms with E-state index in [-0.39, 0.29) is 24.5 Å². The van der Waals surface area contributed by atoms with Crippen LogP contribution < -0.4 is 19.5 Å². The van der Waals surface area contributed by atoms with E-state index >= 15 is 0 Å². The molecule has 1 aliphatic rings. The number of likely N-dealkylation sites (tertiary alicyclic amines) is 1. The maximum Gasteiger partial charge on any atom is 0.223 e. The van der Waals surface area contributed by atoms with Gasteiger partial charge < -0.3 is 24.6 Å². The number of benzene rings is 2.